The van der Waals surface area contributed by atoms with Crippen LogP contribution in [-0.2, 0) is 11.3 Å². The minimum Gasteiger partial charge on any atom is -0.351 e. The molecule has 0 unspecified atom stereocenters. The van der Waals surface area contributed by atoms with Crippen molar-refractivity contribution in [3.8, 4) is 0 Å². The number of hydrogen-bond donors (Lipinski definition) is 3. The zero-order valence-electron chi connectivity index (χ0n) is 14.5. The van der Waals surface area contributed by atoms with Gasteiger partial charge in [-0.3, -0.25) is 4.79 Å². The third-order valence-electron chi connectivity index (χ3n) is 4.01. The monoisotopic (exact) mass is 386 g/mol. The molecule has 4 N–H and O–H groups in total. The lowest BCUT2D eigenvalue weighted by Gasteiger charge is -2.17. The summed E-state index contributed by atoms with van der Waals surface area (Å²) in [5, 5.41) is 5.76. The van der Waals surface area contributed by atoms with Crippen molar-refractivity contribution < 1.29 is 9.59 Å². The van der Waals surface area contributed by atoms with E-state index in [1.165, 1.54) is 0 Å². The Morgan fingerprint density at radius 3 is 2.72 bits per heavy atom. The first-order valence-corrected chi connectivity index (χ1v) is 9.66. The Bertz CT molecular complexity index is 567. The van der Waals surface area contributed by atoms with E-state index in [2.05, 4.69) is 10.6 Å². The molecule has 1 aromatic carbocycles. The Labute approximate surface area is 159 Å². The summed E-state index contributed by atoms with van der Waals surface area (Å²) < 4.78 is 0. The SMILES string of the molecule is CSCC[C@H](N)C(=O)NCc1cccc(NC(=O)N2CCCC2)c1.Cl. The number of rotatable bonds is 7. The molecule has 0 saturated carbocycles. The van der Waals surface area contributed by atoms with Crippen LogP contribution in [0, 0.1) is 0 Å². The summed E-state index contributed by atoms with van der Waals surface area (Å²) >= 11 is 1.68. The van der Waals surface area contributed by atoms with Gasteiger partial charge in [-0.1, -0.05) is 12.1 Å². The van der Waals surface area contributed by atoms with E-state index in [1.807, 2.05) is 35.4 Å². The molecule has 1 fully saturated rings. The number of nitrogens with two attached hydrogens (primary N) is 1. The molecule has 0 aromatic heterocycles. The number of likely N-dealkylation sites (tertiary alicyclic amines) is 1. The highest BCUT2D eigenvalue weighted by atomic mass is 35.5. The molecule has 6 nitrogen and oxygen atoms in total. The van der Waals surface area contributed by atoms with Gasteiger partial charge in [-0.05, 0) is 49.0 Å². The number of carbonyl (C=O) groups excluding carboxylic acids is 2. The Morgan fingerprint density at radius 2 is 2.04 bits per heavy atom. The van der Waals surface area contributed by atoms with E-state index in [9.17, 15) is 9.59 Å². The van der Waals surface area contributed by atoms with Crippen LogP contribution in [-0.4, -0.2) is 48.0 Å². The summed E-state index contributed by atoms with van der Waals surface area (Å²) in [5.41, 5.74) is 7.52. The van der Waals surface area contributed by atoms with E-state index in [0.29, 0.717) is 13.0 Å². The fourth-order valence-electron chi connectivity index (χ4n) is 2.58. The van der Waals surface area contributed by atoms with Crippen LogP contribution in [0.2, 0.25) is 0 Å². The van der Waals surface area contributed by atoms with Crippen LogP contribution in [0.5, 0.6) is 0 Å². The number of carbonyl (C=O) groups is 2. The van der Waals surface area contributed by atoms with E-state index >= 15 is 0 Å². The highest BCUT2D eigenvalue weighted by molar-refractivity contribution is 7.98. The third-order valence-corrected chi connectivity index (χ3v) is 4.65. The van der Waals surface area contributed by atoms with Crippen molar-refractivity contribution in [3.63, 3.8) is 0 Å². The predicted molar refractivity (Wildman–Crippen MR) is 106 cm³/mol. The highest BCUT2D eigenvalue weighted by Gasteiger charge is 2.17. The molecule has 1 atom stereocenters. The quantitative estimate of drug-likeness (QED) is 0.671. The molecule has 0 spiro atoms. The first-order chi connectivity index (χ1) is 11.6. The molecule has 0 bridgehead atoms. The summed E-state index contributed by atoms with van der Waals surface area (Å²) in [5.74, 6) is 0.725. The number of benzene rings is 1. The molecule has 0 radical (unpaired) electrons. The van der Waals surface area contributed by atoms with Gasteiger partial charge in [0.05, 0.1) is 6.04 Å². The van der Waals surface area contributed by atoms with Crippen LogP contribution in [0.25, 0.3) is 0 Å². The fourth-order valence-corrected chi connectivity index (χ4v) is 3.07. The molecule has 1 aliphatic heterocycles. The van der Waals surface area contributed by atoms with Gasteiger partial charge in [0.2, 0.25) is 5.91 Å². The largest absolute Gasteiger partial charge is 0.351 e. The normalized spacial score (nSPS) is 14.6. The molecule has 140 valence electrons. The van der Waals surface area contributed by atoms with Crippen molar-refractivity contribution in [1.82, 2.24) is 10.2 Å². The Kier molecular flexibility index (Phi) is 9.70. The third kappa shape index (κ3) is 7.13. The summed E-state index contributed by atoms with van der Waals surface area (Å²) in [6.45, 7) is 2.03. The van der Waals surface area contributed by atoms with Crippen LogP contribution in [0.1, 0.15) is 24.8 Å². The number of nitrogens with zero attached hydrogens (tertiary/aromatic N) is 1. The first-order valence-electron chi connectivity index (χ1n) is 8.27. The number of nitrogens with one attached hydrogen (secondary N) is 2. The number of urea groups is 1. The highest BCUT2D eigenvalue weighted by Crippen LogP contribution is 2.14. The predicted octanol–water partition coefficient (Wildman–Crippen LogP) is 2.43. The Morgan fingerprint density at radius 1 is 1.32 bits per heavy atom. The number of halogens is 1. The van der Waals surface area contributed by atoms with Gasteiger partial charge in [0.25, 0.3) is 0 Å². The van der Waals surface area contributed by atoms with Gasteiger partial charge >= 0.3 is 6.03 Å². The zero-order chi connectivity index (χ0) is 17.4. The topological polar surface area (TPSA) is 87.5 Å². The van der Waals surface area contributed by atoms with Gasteiger partial charge in [-0.15, -0.1) is 12.4 Å². The zero-order valence-corrected chi connectivity index (χ0v) is 16.1. The lowest BCUT2D eigenvalue weighted by atomic mass is 10.2. The Hall–Kier alpha value is -1.44. The number of amides is 3. The number of anilines is 1. The standard InChI is InChI=1S/C17H26N4O2S.ClH/c1-24-10-7-15(18)16(22)19-12-13-5-4-6-14(11-13)20-17(23)21-8-2-3-9-21;/h4-6,11,15H,2-3,7-10,12,18H2,1H3,(H,19,22)(H,20,23);1H/t15-;/m0./s1. The maximum Gasteiger partial charge on any atom is 0.321 e. The summed E-state index contributed by atoms with van der Waals surface area (Å²) in [6, 6.07) is 6.97. The molecule has 0 aliphatic carbocycles. The summed E-state index contributed by atoms with van der Waals surface area (Å²) in [7, 11) is 0. The maximum atomic E-state index is 12.1. The average Bonchev–Trinajstić information content (AvgIpc) is 3.12. The molecule has 1 heterocycles. The average molecular weight is 387 g/mol. The number of thioether (sulfide) groups is 1. The maximum absolute atomic E-state index is 12.1. The second-order valence-corrected chi connectivity index (χ2v) is 6.92. The van der Waals surface area contributed by atoms with Crippen LogP contribution in [0.4, 0.5) is 10.5 Å². The van der Waals surface area contributed by atoms with Crippen molar-refractivity contribution in [2.24, 2.45) is 5.73 Å². The molecule has 1 saturated heterocycles. The van der Waals surface area contributed by atoms with Crippen LogP contribution >= 0.6 is 24.2 Å². The molecule has 8 heteroatoms. The van der Waals surface area contributed by atoms with E-state index < -0.39 is 6.04 Å². The van der Waals surface area contributed by atoms with E-state index in [1.54, 1.807) is 11.8 Å². The molecule has 2 rings (SSSR count). The number of hydrogen-bond acceptors (Lipinski definition) is 4. The van der Waals surface area contributed by atoms with Crippen LogP contribution in [0.3, 0.4) is 0 Å². The second-order valence-electron chi connectivity index (χ2n) is 5.93. The molecular formula is C17H27ClN4O2S. The minimum absolute atomic E-state index is 0. The minimum atomic E-state index is -0.476. The van der Waals surface area contributed by atoms with E-state index in [0.717, 1.165) is 42.9 Å². The van der Waals surface area contributed by atoms with Crippen molar-refractivity contribution >= 4 is 41.8 Å². The van der Waals surface area contributed by atoms with Gasteiger partial charge in [0.15, 0.2) is 0 Å². The lowest BCUT2D eigenvalue weighted by molar-refractivity contribution is -0.122. The molecule has 3 amide bonds. The van der Waals surface area contributed by atoms with Crippen molar-refractivity contribution in [3.05, 3.63) is 29.8 Å². The van der Waals surface area contributed by atoms with Crippen molar-refractivity contribution in [2.45, 2.75) is 31.8 Å². The Balaban J connectivity index is 0.00000312. The second kappa shape index (κ2) is 11.2. The fraction of sp³-hybridized carbons (Fsp3) is 0.529. The van der Waals surface area contributed by atoms with Crippen molar-refractivity contribution in [2.75, 3.05) is 30.4 Å². The van der Waals surface area contributed by atoms with Gasteiger partial charge in [0.1, 0.15) is 0 Å². The first kappa shape index (κ1) is 21.6. The van der Waals surface area contributed by atoms with Gasteiger partial charge in [0, 0.05) is 25.3 Å². The van der Waals surface area contributed by atoms with Gasteiger partial charge in [-0.2, -0.15) is 11.8 Å². The van der Waals surface area contributed by atoms with Crippen LogP contribution < -0.4 is 16.4 Å². The molecule has 25 heavy (non-hydrogen) atoms. The summed E-state index contributed by atoms with van der Waals surface area (Å²) in [6.07, 6.45) is 4.79. The van der Waals surface area contributed by atoms with Gasteiger partial charge < -0.3 is 21.3 Å². The molecule has 1 aromatic rings. The lowest BCUT2D eigenvalue weighted by Crippen LogP contribution is -2.40. The van der Waals surface area contributed by atoms with Crippen LogP contribution in [0.15, 0.2) is 24.3 Å². The van der Waals surface area contributed by atoms with Crippen molar-refractivity contribution in [1.29, 1.82) is 0 Å². The van der Waals surface area contributed by atoms with Gasteiger partial charge in [-0.25, -0.2) is 4.79 Å². The van der Waals surface area contributed by atoms with E-state index in [-0.39, 0.29) is 24.3 Å². The smallest absolute Gasteiger partial charge is 0.321 e. The van der Waals surface area contributed by atoms with E-state index in [4.69, 9.17) is 5.73 Å². The molecular weight excluding hydrogens is 360 g/mol. The molecule has 1 aliphatic rings. The summed E-state index contributed by atoms with van der Waals surface area (Å²) in [4.78, 5) is 25.9.